The number of para-hydroxylation sites is 1. The van der Waals surface area contributed by atoms with Crippen LogP contribution in [0.15, 0.2) is 84.9 Å². The Kier molecular flexibility index (Phi) is 7.01. The third-order valence-corrected chi connectivity index (χ3v) is 6.73. The molecule has 1 aliphatic heterocycles. The van der Waals surface area contributed by atoms with Gasteiger partial charge in [-0.15, -0.1) is 0 Å². The molecular weight excluding hydrogens is 426 g/mol. The van der Waals surface area contributed by atoms with E-state index in [1.54, 1.807) is 12.1 Å². The number of carbonyl (C=O) groups excluding carboxylic acids is 2. The summed E-state index contributed by atoms with van der Waals surface area (Å²) in [6, 6.07) is 25.4. The van der Waals surface area contributed by atoms with E-state index in [1.807, 2.05) is 91.5 Å². The quantitative estimate of drug-likeness (QED) is 0.367. The van der Waals surface area contributed by atoms with Crippen molar-refractivity contribution in [3.05, 3.63) is 96.1 Å². The van der Waals surface area contributed by atoms with Gasteiger partial charge in [-0.3, -0.25) is 4.79 Å². The molecule has 0 spiro atoms. The lowest BCUT2D eigenvalue weighted by Gasteiger charge is -2.44. The Morgan fingerprint density at radius 3 is 2.12 bits per heavy atom. The first-order valence-electron chi connectivity index (χ1n) is 11.8. The molecule has 1 N–H and O–H groups in total. The monoisotopic (exact) mass is 457 g/mol. The van der Waals surface area contributed by atoms with Crippen LogP contribution in [-0.4, -0.2) is 28.5 Å². The predicted octanol–water partition coefficient (Wildman–Crippen LogP) is 5.31. The highest BCUT2D eigenvalue weighted by atomic mass is 16.6. The SMILES string of the molecule is CC(C)C1(CCc2ccc(O)cc2)CC(=O)C(N(Cc2ccccc2)c2ccccc2)C(=O)O1. The Morgan fingerprint density at radius 1 is 0.912 bits per heavy atom. The number of cyclic esters (lactones) is 1. The molecule has 0 amide bonds. The van der Waals surface area contributed by atoms with Gasteiger partial charge < -0.3 is 14.7 Å². The molecule has 0 radical (unpaired) electrons. The van der Waals surface area contributed by atoms with Gasteiger partial charge in [0.25, 0.3) is 0 Å². The fraction of sp³-hybridized carbons (Fsp3) is 0.310. The molecule has 0 aromatic heterocycles. The van der Waals surface area contributed by atoms with Gasteiger partial charge in [-0.2, -0.15) is 0 Å². The summed E-state index contributed by atoms with van der Waals surface area (Å²) in [6.07, 6.45) is 1.37. The van der Waals surface area contributed by atoms with Gasteiger partial charge in [0.2, 0.25) is 0 Å². The predicted molar refractivity (Wildman–Crippen MR) is 133 cm³/mol. The molecule has 1 aliphatic rings. The summed E-state index contributed by atoms with van der Waals surface area (Å²) < 4.78 is 6.15. The summed E-state index contributed by atoms with van der Waals surface area (Å²) in [5, 5.41) is 9.54. The van der Waals surface area contributed by atoms with Crippen LogP contribution in [0.3, 0.4) is 0 Å². The largest absolute Gasteiger partial charge is 0.508 e. The molecule has 5 nitrogen and oxygen atoms in total. The number of benzene rings is 3. The summed E-state index contributed by atoms with van der Waals surface area (Å²) in [4.78, 5) is 28.9. The molecule has 2 unspecified atom stereocenters. The van der Waals surface area contributed by atoms with E-state index in [0.717, 1.165) is 16.8 Å². The normalized spacial score (nSPS) is 20.3. The highest BCUT2D eigenvalue weighted by Gasteiger charge is 2.50. The number of nitrogens with zero attached hydrogens (tertiary/aromatic N) is 1. The second kappa shape index (κ2) is 10.1. The maximum atomic E-state index is 13.6. The van der Waals surface area contributed by atoms with E-state index >= 15 is 0 Å². The Morgan fingerprint density at radius 2 is 1.53 bits per heavy atom. The average molecular weight is 458 g/mol. The van der Waals surface area contributed by atoms with Gasteiger partial charge >= 0.3 is 5.97 Å². The van der Waals surface area contributed by atoms with Crippen LogP contribution in [0.25, 0.3) is 0 Å². The summed E-state index contributed by atoms with van der Waals surface area (Å²) in [5.41, 5.74) is 2.00. The number of Topliss-reactive ketones (excluding diaryl/α,β-unsaturated/α-hetero) is 1. The maximum absolute atomic E-state index is 13.6. The number of carbonyl (C=O) groups is 2. The van der Waals surface area contributed by atoms with E-state index in [4.69, 9.17) is 4.74 Å². The summed E-state index contributed by atoms with van der Waals surface area (Å²) in [7, 11) is 0. The molecule has 1 heterocycles. The van der Waals surface area contributed by atoms with Crippen LogP contribution in [0.5, 0.6) is 5.75 Å². The van der Waals surface area contributed by atoms with Crippen molar-refractivity contribution in [2.24, 2.45) is 5.92 Å². The van der Waals surface area contributed by atoms with Gasteiger partial charge in [0.15, 0.2) is 11.8 Å². The first-order valence-corrected chi connectivity index (χ1v) is 11.8. The summed E-state index contributed by atoms with van der Waals surface area (Å²) >= 11 is 0. The number of esters is 1. The van der Waals surface area contributed by atoms with Gasteiger partial charge in [-0.1, -0.05) is 74.5 Å². The Bertz CT molecular complexity index is 1090. The lowest BCUT2D eigenvalue weighted by Crippen LogP contribution is -2.58. The van der Waals surface area contributed by atoms with E-state index in [2.05, 4.69) is 0 Å². The van der Waals surface area contributed by atoms with Crippen LogP contribution in [0, 0.1) is 5.92 Å². The molecule has 176 valence electrons. The van der Waals surface area contributed by atoms with E-state index in [1.165, 1.54) is 0 Å². The van der Waals surface area contributed by atoms with Gasteiger partial charge in [0.05, 0.1) is 0 Å². The zero-order valence-electron chi connectivity index (χ0n) is 19.7. The summed E-state index contributed by atoms with van der Waals surface area (Å²) in [6.45, 7) is 4.42. The fourth-order valence-electron chi connectivity index (χ4n) is 4.62. The fourth-order valence-corrected chi connectivity index (χ4v) is 4.62. The number of hydrogen-bond acceptors (Lipinski definition) is 5. The van der Waals surface area contributed by atoms with Crippen molar-refractivity contribution in [2.75, 3.05) is 4.90 Å². The highest BCUT2D eigenvalue weighted by Crippen LogP contribution is 2.38. The average Bonchev–Trinajstić information content (AvgIpc) is 2.84. The molecule has 0 aliphatic carbocycles. The molecule has 0 bridgehead atoms. The number of phenolic OH excluding ortho intramolecular Hbond substituents is 1. The van der Waals surface area contributed by atoms with Crippen LogP contribution in [0.4, 0.5) is 5.69 Å². The van der Waals surface area contributed by atoms with Crippen molar-refractivity contribution < 1.29 is 19.4 Å². The van der Waals surface area contributed by atoms with Crippen molar-refractivity contribution in [3.63, 3.8) is 0 Å². The van der Waals surface area contributed by atoms with Gasteiger partial charge in [0, 0.05) is 18.7 Å². The lowest BCUT2D eigenvalue weighted by molar-refractivity contribution is -0.179. The highest BCUT2D eigenvalue weighted by molar-refractivity contribution is 6.08. The van der Waals surface area contributed by atoms with E-state index < -0.39 is 17.6 Å². The first-order chi connectivity index (χ1) is 16.4. The van der Waals surface area contributed by atoms with Crippen molar-refractivity contribution in [3.8, 4) is 5.75 Å². The Labute approximate surface area is 201 Å². The number of aryl methyl sites for hydroxylation is 1. The van der Waals surface area contributed by atoms with Crippen LogP contribution < -0.4 is 4.90 Å². The molecule has 3 aromatic carbocycles. The number of phenols is 1. The minimum absolute atomic E-state index is 0.0160. The van der Waals surface area contributed by atoms with E-state index in [-0.39, 0.29) is 23.9 Å². The molecule has 2 atom stereocenters. The van der Waals surface area contributed by atoms with Crippen LogP contribution in [0.1, 0.15) is 37.8 Å². The van der Waals surface area contributed by atoms with Crippen molar-refractivity contribution >= 4 is 17.4 Å². The second-order valence-corrected chi connectivity index (χ2v) is 9.30. The number of anilines is 1. The zero-order valence-corrected chi connectivity index (χ0v) is 19.7. The topological polar surface area (TPSA) is 66.8 Å². The standard InChI is InChI=1S/C29H31NO4/c1-21(2)29(18-17-22-13-15-25(31)16-14-22)19-26(32)27(28(33)34-29)30(24-11-7-4-8-12-24)20-23-9-5-3-6-10-23/h3-16,21,27,31H,17-20H2,1-2H3. The zero-order chi connectivity index (χ0) is 24.1. The third kappa shape index (κ3) is 5.14. The third-order valence-electron chi connectivity index (χ3n) is 6.73. The summed E-state index contributed by atoms with van der Waals surface area (Å²) in [5.74, 6) is -0.410. The number of rotatable bonds is 8. The van der Waals surface area contributed by atoms with E-state index in [0.29, 0.717) is 19.4 Å². The van der Waals surface area contributed by atoms with Crippen molar-refractivity contribution in [1.29, 1.82) is 0 Å². The molecule has 4 rings (SSSR count). The molecule has 1 saturated heterocycles. The van der Waals surface area contributed by atoms with Crippen LogP contribution >= 0.6 is 0 Å². The molecule has 34 heavy (non-hydrogen) atoms. The van der Waals surface area contributed by atoms with Crippen molar-refractivity contribution in [1.82, 2.24) is 0 Å². The molecule has 3 aromatic rings. The number of ketones is 1. The van der Waals surface area contributed by atoms with Crippen LogP contribution in [-0.2, 0) is 27.3 Å². The minimum Gasteiger partial charge on any atom is -0.508 e. The molecule has 0 saturated carbocycles. The van der Waals surface area contributed by atoms with Gasteiger partial charge in [0.1, 0.15) is 11.4 Å². The molecule has 1 fully saturated rings. The Balaban J connectivity index is 1.59. The smallest absolute Gasteiger partial charge is 0.337 e. The number of hydrogen-bond donors (Lipinski definition) is 1. The van der Waals surface area contributed by atoms with Crippen LogP contribution in [0.2, 0.25) is 0 Å². The number of ether oxygens (including phenoxy) is 1. The van der Waals surface area contributed by atoms with Gasteiger partial charge in [-0.05, 0) is 54.2 Å². The first kappa shape index (κ1) is 23.6. The lowest BCUT2D eigenvalue weighted by atomic mass is 9.77. The van der Waals surface area contributed by atoms with E-state index in [9.17, 15) is 14.7 Å². The maximum Gasteiger partial charge on any atom is 0.337 e. The minimum atomic E-state index is -0.983. The number of aromatic hydroxyl groups is 1. The molecular formula is C29H31NO4. The van der Waals surface area contributed by atoms with Crippen molar-refractivity contribution in [2.45, 2.75) is 51.3 Å². The molecule has 5 heteroatoms. The van der Waals surface area contributed by atoms with Gasteiger partial charge in [-0.25, -0.2) is 4.79 Å². The Hall–Kier alpha value is -3.60. The second-order valence-electron chi connectivity index (χ2n) is 9.30.